The lowest BCUT2D eigenvalue weighted by Crippen LogP contribution is -2.27. The van der Waals surface area contributed by atoms with Crippen LogP contribution in [0.4, 0.5) is 0 Å². The molecule has 2 aromatic carbocycles. The van der Waals surface area contributed by atoms with Crippen LogP contribution in [0.3, 0.4) is 0 Å². The standard InChI is InChI=1S/C20H24N2O5S2/c1-5-26-17-10-7-14(11-18(17)27-6-2)13(3)21-29(24,25)15-8-9-16-19(12-15)28-20(23)22(16)4/h7-13,21H,5-6H2,1-4H3/t13-/m0/s1. The molecular weight excluding hydrogens is 412 g/mol. The fourth-order valence-corrected chi connectivity index (χ4v) is 5.24. The second kappa shape index (κ2) is 8.56. The molecule has 0 saturated heterocycles. The summed E-state index contributed by atoms with van der Waals surface area (Å²) in [6.45, 7) is 6.52. The molecule has 0 spiro atoms. The predicted molar refractivity (Wildman–Crippen MR) is 115 cm³/mol. The van der Waals surface area contributed by atoms with Crippen molar-refractivity contribution in [2.75, 3.05) is 13.2 Å². The van der Waals surface area contributed by atoms with E-state index in [1.165, 1.54) is 16.7 Å². The number of nitrogens with one attached hydrogen (secondary N) is 1. The maximum absolute atomic E-state index is 12.9. The molecule has 1 heterocycles. The molecule has 0 amide bonds. The molecule has 3 rings (SSSR count). The van der Waals surface area contributed by atoms with Crippen LogP contribution in [0.25, 0.3) is 10.2 Å². The Kier molecular flexibility index (Phi) is 6.30. The Balaban J connectivity index is 1.88. The highest BCUT2D eigenvalue weighted by molar-refractivity contribution is 7.89. The van der Waals surface area contributed by atoms with Gasteiger partial charge in [-0.15, -0.1) is 0 Å². The number of aromatic nitrogens is 1. The van der Waals surface area contributed by atoms with Crippen LogP contribution in [0.1, 0.15) is 32.4 Å². The van der Waals surface area contributed by atoms with E-state index in [1.807, 2.05) is 19.9 Å². The molecule has 3 aromatic rings. The van der Waals surface area contributed by atoms with E-state index < -0.39 is 16.1 Å². The molecule has 1 atom stereocenters. The Morgan fingerprint density at radius 1 is 1.07 bits per heavy atom. The lowest BCUT2D eigenvalue weighted by atomic mass is 10.1. The molecule has 29 heavy (non-hydrogen) atoms. The third-order valence-electron chi connectivity index (χ3n) is 4.47. The summed E-state index contributed by atoms with van der Waals surface area (Å²) in [5.74, 6) is 1.20. The monoisotopic (exact) mass is 436 g/mol. The van der Waals surface area contributed by atoms with Crippen LogP contribution >= 0.6 is 11.3 Å². The summed E-state index contributed by atoms with van der Waals surface area (Å²) < 4.78 is 41.8. The van der Waals surface area contributed by atoms with Crippen molar-refractivity contribution in [3.63, 3.8) is 0 Å². The maximum atomic E-state index is 12.9. The SMILES string of the molecule is CCOc1ccc([C@H](C)NS(=O)(=O)c2ccc3c(c2)sc(=O)n3C)cc1OCC. The van der Waals surface area contributed by atoms with Crippen LogP contribution in [-0.4, -0.2) is 26.2 Å². The lowest BCUT2D eigenvalue weighted by Gasteiger charge is -2.17. The van der Waals surface area contributed by atoms with Crippen molar-refractivity contribution in [1.29, 1.82) is 0 Å². The normalized spacial score (nSPS) is 12.8. The van der Waals surface area contributed by atoms with Gasteiger partial charge in [-0.05, 0) is 56.7 Å². The molecule has 1 aromatic heterocycles. The Morgan fingerprint density at radius 2 is 1.76 bits per heavy atom. The summed E-state index contributed by atoms with van der Waals surface area (Å²) in [5.41, 5.74) is 1.46. The van der Waals surface area contributed by atoms with Crippen molar-refractivity contribution in [3.05, 3.63) is 51.6 Å². The first kappa shape index (κ1) is 21.4. The second-order valence-electron chi connectivity index (χ2n) is 6.47. The largest absolute Gasteiger partial charge is 0.490 e. The van der Waals surface area contributed by atoms with Gasteiger partial charge < -0.3 is 14.0 Å². The molecular formula is C20H24N2O5S2. The minimum Gasteiger partial charge on any atom is -0.490 e. The van der Waals surface area contributed by atoms with E-state index >= 15 is 0 Å². The number of hydrogen-bond acceptors (Lipinski definition) is 6. The highest BCUT2D eigenvalue weighted by Gasteiger charge is 2.21. The fourth-order valence-electron chi connectivity index (χ4n) is 2.99. The number of rotatable bonds is 8. The van der Waals surface area contributed by atoms with Gasteiger partial charge >= 0.3 is 4.87 Å². The van der Waals surface area contributed by atoms with Crippen molar-refractivity contribution in [3.8, 4) is 11.5 Å². The smallest absolute Gasteiger partial charge is 0.307 e. The van der Waals surface area contributed by atoms with E-state index in [1.54, 1.807) is 32.2 Å². The molecule has 156 valence electrons. The third-order valence-corrected chi connectivity index (χ3v) is 7.01. The Bertz CT molecular complexity index is 1180. The molecule has 0 saturated carbocycles. The van der Waals surface area contributed by atoms with Crippen LogP contribution in [0.5, 0.6) is 11.5 Å². The Labute approximate surface area is 173 Å². The number of nitrogens with zero attached hydrogens (tertiary/aromatic N) is 1. The van der Waals surface area contributed by atoms with E-state index in [0.29, 0.717) is 34.9 Å². The first-order valence-electron chi connectivity index (χ1n) is 9.28. The van der Waals surface area contributed by atoms with Crippen LogP contribution in [-0.2, 0) is 17.1 Å². The molecule has 0 aliphatic heterocycles. The first-order chi connectivity index (χ1) is 13.8. The van der Waals surface area contributed by atoms with Gasteiger partial charge in [-0.1, -0.05) is 17.4 Å². The molecule has 0 fully saturated rings. The van der Waals surface area contributed by atoms with Crippen LogP contribution in [0, 0.1) is 0 Å². The zero-order valence-corrected chi connectivity index (χ0v) is 18.4. The first-order valence-corrected chi connectivity index (χ1v) is 11.6. The zero-order valence-electron chi connectivity index (χ0n) is 16.8. The quantitative estimate of drug-likeness (QED) is 0.585. The Morgan fingerprint density at radius 3 is 2.45 bits per heavy atom. The summed E-state index contributed by atoms with van der Waals surface area (Å²) in [6, 6.07) is 9.58. The van der Waals surface area contributed by atoms with Gasteiger partial charge in [-0.25, -0.2) is 13.1 Å². The number of fused-ring (bicyclic) bond motifs is 1. The zero-order chi connectivity index (χ0) is 21.2. The summed E-state index contributed by atoms with van der Waals surface area (Å²) >= 11 is 1.02. The predicted octanol–water partition coefficient (Wildman–Crippen LogP) is 3.44. The second-order valence-corrected chi connectivity index (χ2v) is 9.18. The maximum Gasteiger partial charge on any atom is 0.307 e. The van der Waals surface area contributed by atoms with Crippen molar-refractivity contribution in [1.82, 2.24) is 9.29 Å². The number of sulfonamides is 1. The molecule has 0 aliphatic carbocycles. The molecule has 0 radical (unpaired) electrons. The topological polar surface area (TPSA) is 86.6 Å². The van der Waals surface area contributed by atoms with Crippen LogP contribution in [0.2, 0.25) is 0 Å². The molecule has 0 bridgehead atoms. The Hall–Kier alpha value is -2.36. The van der Waals surface area contributed by atoms with Gasteiger partial charge in [-0.3, -0.25) is 4.79 Å². The van der Waals surface area contributed by atoms with Crippen molar-refractivity contribution >= 4 is 31.6 Å². The van der Waals surface area contributed by atoms with Gasteiger partial charge in [0.2, 0.25) is 10.0 Å². The van der Waals surface area contributed by atoms with Crippen molar-refractivity contribution < 1.29 is 17.9 Å². The van der Waals surface area contributed by atoms with Gasteiger partial charge in [0, 0.05) is 13.1 Å². The average molecular weight is 437 g/mol. The number of ether oxygens (including phenoxy) is 2. The van der Waals surface area contributed by atoms with E-state index in [0.717, 1.165) is 16.9 Å². The van der Waals surface area contributed by atoms with Gasteiger partial charge in [0.25, 0.3) is 0 Å². The fraction of sp³-hybridized carbons (Fsp3) is 0.350. The van der Waals surface area contributed by atoms with Gasteiger partial charge in [0.15, 0.2) is 11.5 Å². The number of aryl methyl sites for hydroxylation is 1. The van der Waals surface area contributed by atoms with E-state index in [4.69, 9.17) is 9.47 Å². The molecule has 0 aliphatic rings. The van der Waals surface area contributed by atoms with Gasteiger partial charge in [0.05, 0.1) is 28.3 Å². The summed E-state index contributed by atoms with van der Waals surface area (Å²) in [6.07, 6.45) is 0. The summed E-state index contributed by atoms with van der Waals surface area (Å²) in [5, 5.41) is 0. The number of benzene rings is 2. The lowest BCUT2D eigenvalue weighted by molar-refractivity contribution is 0.287. The van der Waals surface area contributed by atoms with Crippen molar-refractivity contribution in [2.24, 2.45) is 7.05 Å². The highest BCUT2D eigenvalue weighted by Crippen LogP contribution is 2.31. The van der Waals surface area contributed by atoms with Crippen LogP contribution in [0.15, 0.2) is 46.1 Å². The summed E-state index contributed by atoms with van der Waals surface area (Å²) in [7, 11) is -2.11. The molecule has 0 unspecified atom stereocenters. The van der Waals surface area contributed by atoms with E-state index in [2.05, 4.69) is 4.72 Å². The molecule has 7 nitrogen and oxygen atoms in total. The van der Waals surface area contributed by atoms with Gasteiger partial charge in [0.1, 0.15) is 0 Å². The minimum absolute atomic E-state index is 0.120. The average Bonchev–Trinajstić information content (AvgIpc) is 2.96. The van der Waals surface area contributed by atoms with E-state index in [-0.39, 0.29) is 9.77 Å². The molecule has 1 N–H and O–H groups in total. The van der Waals surface area contributed by atoms with E-state index in [9.17, 15) is 13.2 Å². The third kappa shape index (κ3) is 4.47. The molecule has 9 heteroatoms. The van der Waals surface area contributed by atoms with Crippen molar-refractivity contribution in [2.45, 2.75) is 31.7 Å². The highest BCUT2D eigenvalue weighted by atomic mass is 32.2. The van der Waals surface area contributed by atoms with Gasteiger partial charge in [-0.2, -0.15) is 0 Å². The summed E-state index contributed by atoms with van der Waals surface area (Å²) in [4.78, 5) is 11.8. The minimum atomic E-state index is -3.77. The number of hydrogen-bond donors (Lipinski definition) is 1. The number of thiazole rings is 1. The van der Waals surface area contributed by atoms with Crippen LogP contribution < -0.4 is 19.1 Å².